The van der Waals surface area contributed by atoms with E-state index in [4.69, 9.17) is 0 Å². The van der Waals surface area contributed by atoms with Crippen molar-refractivity contribution in [2.75, 3.05) is 10.8 Å². The molecule has 0 bridgehead atoms. The van der Waals surface area contributed by atoms with Gasteiger partial charge in [-0.25, -0.2) is 13.8 Å². The molecule has 1 N–H and O–H groups in total. The van der Waals surface area contributed by atoms with Crippen LogP contribution in [0.2, 0.25) is 0 Å². The Bertz CT molecular complexity index is 1030. The van der Waals surface area contributed by atoms with Crippen LogP contribution in [0.3, 0.4) is 0 Å². The lowest BCUT2D eigenvalue weighted by Gasteiger charge is -2.23. The number of nitrogens with one attached hydrogen (secondary N) is 1. The van der Waals surface area contributed by atoms with Crippen LogP contribution in [0.1, 0.15) is 70.6 Å². The average molecular weight is 549 g/mol. The van der Waals surface area contributed by atoms with Gasteiger partial charge in [-0.1, -0.05) is 79.1 Å². The van der Waals surface area contributed by atoms with E-state index in [1.807, 2.05) is 0 Å². The summed E-state index contributed by atoms with van der Waals surface area (Å²) in [5.41, 5.74) is 4.05. The summed E-state index contributed by atoms with van der Waals surface area (Å²) in [5.74, 6) is -0.457. The topological polar surface area (TPSA) is 78.8 Å². The molecule has 0 unspecified atom stereocenters. The number of amides is 1. The lowest BCUT2D eigenvalue weighted by Crippen LogP contribution is -2.39. The third-order valence-corrected chi connectivity index (χ3v) is 8.32. The zero-order chi connectivity index (χ0) is 24.2. The van der Waals surface area contributed by atoms with Crippen molar-refractivity contribution >= 4 is 43.3 Å². The lowest BCUT2D eigenvalue weighted by atomic mass is 10.00. The van der Waals surface area contributed by atoms with Crippen molar-refractivity contribution in [3.63, 3.8) is 0 Å². The summed E-state index contributed by atoms with van der Waals surface area (Å²) in [5, 5.41) is 4.41. The summed E-state index contributed by atoms with van der Waals surface area (Å²) in [6.07, 6.45) is 12.7. The molecule has 1 aliphatic carbocycles. The van der Waals surface area contributed by atoms with Crippen LogP contribution >= 0.6 is 15.9 Å². The van der Waals surface area contributed by atoms with Crippen molar-refractivity contribution in [1.29, 1.82) is 0 Å². The van der Waals surface area contributed by atoms with E-state index in [1.165, 1.54) is 57.1 Å². The standard InChI is InChI=1S/C26H34BrN3O3S/c27-22-17-19-24(20-18-22)30(34(32,33)25-15-11-8-12-16-25)21-26(31)29-28-23-13-9-6-4-2-1-3-5-7-10-14-23/h8,11-12,15-20H,1-7,9-10,13-14,21H2,(H,29,31). The Morgan fingerprint density at radius 1 is 0.824 bits per heavy atom. The predicted molar refractivity (Wildman–Crippen MR) is 141 cm³/mol. The second kappa shape index (κ2) is 13.6. The van der Waals surface area contributed by atoms with Crippen LogP contribution in [0.5, 0.6) is 0 Å². The molecule has 1 amide bonds. The summed E-state index contributed by atoms with van der Waals surface area (Å²) in [4.78, 5) is 13.0. The van der Waals surface area contributed by atoms with Crippen LogP contribution in [0.15, 0.2) is 69.1 Å². The summed E-state index contributed by atoms with van der Waals surface area (Å²) in [6.45, 7) is -0.352. The number of benzene rings is 2. The molecule has 1 saturated carbocycles. The maximum Gasteiger partial charge on any atom is 0.264 e. The normalized spacial score (nSPS) is 16.1. The maximum absolute atomic E-state index is 13.4. The van der Waals surface area contributed by atoms with Gasteiger partial charge in [0.15, 0.2) is 0 Å². The van der Waals surface area contributed by atoms with Crippen molar-refractivity contribution in [2.24, 2.45) is 5.10 Å². The Labute approximate surface area is 212 Å². The first-order valence-corrected chi connectivity index (χ1v) is 14.4. The van der Waals surface area contributed by atoms with Gasteiger partial charge in [-0.15, -0.1) is 0 Å². The lowest BCUT2D eigenvalue weighted by molar-refractivity contribution is -0.119. The predicted octanol–water partition coefficient (Wildman–Crippen LogP) is 6.42. The van der Waals surface area contributed by atoms with Crippen LogP contribution in [0, 0.1) is 0 Å². The Morgan fingerprint density at radius 3 is 1.91 bits per heavy atom. The fourth-order valence-electron chi connectivity index (χ4n) is 4.08. The molecule has 34 heavy (non-hydrogen) atoms. The zero-order valence-corrected chi connectivity index (χ0v) is 22.0. The van der Waals surface area contributed by atoms with Gasteiger partial charge < -0.3 is 0 Å². The van der Waals surface area contributed by atoms with E-state index in [2.05, 4.69) is 26.5 Å². The minimum atomic E-state index is -3.92. The number of anilines is 1. The van der Waals surface area contributed by atoms with Crippen molar-refractivity contribution in [3.8, 4) is 0 Å². The minimum absolute atomic E-state index is 0.136. The molecule has 1 fully saturated rings. The number of carbonyl (C=O) groups is 1. The molecule has 0 spiro atoms. The molecule has 0 atom stereocenters. The Morgan fingerprint density at radius 2 is 1.35 bits per heavy atom. The smallest absolute Gasteiger partial charge is 0.264 e. The molecule has 2 aromatic carbocycles. The Balaban J connectivity index is 1.73. The molecule has 6 nitrogen and oxygen atoms in total. The van der Waals surface area contributed by atoms with Gasteiger partial charge in [-0.05, 0) is 62.1 Å². The average Bonchev–Trinajstić information content (AvgIpc) is 2.83. The fourth-order valence-corrected chi connectivity index (χ4v) is 5.79. The van der Waals surface area contributed by atoms with Gasteiger partial charge in [0.2, 0.25) is 0 Å². The quantitative estimate of drug-likeness (QED) is 0.423. The van der Waals surface area contributed by atoms with Crippen LogP contribution in [-0.2, 0) is 14.8 Å². The van der Waals surface area contributed by atoms with E-state index in [0.29, 0.717) is 5.69 Å². The van der Waals surface area contributed by atoms with Crippen molar-refractivity contribution < 1.29 is 13.2 Å². The minimum Gasteiger partial charge on any atom is -0.271 e. The van der Waals surface area contributed by atoms with Gasteiger partial charge >= 0.3 is 0 Å². The molecule has 0 saturated heterocycles. The number of nitrogens with zero attached hydrogens (tertiary/aromatic N) is 2. The van der Waals surface area contributed by atoms with Crippen molar-refractivity contribution in [3.05, 3.63) is 59.1 Å². The van der Waals surface area contributed by atoms with Gasteiger partial charge in [0, 0.05) is 10.2 Å². The molecule has 184 valence electrons. The molecule has 0 aliphatic heterocycles. The highest BCUT2D eigenvalue weighted by Crippen LogP contribution is 2.25. The van der Waals surface area contributed by atoms with E-state index in [1.54, 1.807) is 42.5 Å². The summed E-state index contributed by atoms with van der Waals surface area (Å²) in [6, 6.07) is 15.0. The number of hydrazone groups is 1. The van der Waals surface area contributed by atoms with Crippen LogP contribution < -0.4 is 9.73 Å². The Hall–Kier alpha value is -2.19. The molecule has 0 aromatic heterocycles. The van der Waals surface area contributed by atoms with E-state index < -0.39 is 15.9 Å². The molecular weight excluding hydrogens is 514 g/mol. The highest BCUT2D eigenvalue weighted by atomic mass is 79.9. The largest absolute Gasteiger partial charge is 0.271 e. The first kappa shape index (κ1) is 26.4. The SMILES string of the molecule is O=C(CN(c1ccc(Br)cc1)S(=O)(=O)c1ccccc1)NN=C1CCCCCCCCCCC1. The van der Waals surface area contributed by atoms with Crippen LogP contribution in [0.25, 0.3) is 0 Å². The molecule has 2 aromatic rings. The summed E-state index contributed by atoms with van der Waals surface area (Å²) >= 11 is 3.38. The number of hydrogen-bond donors (Lipinski definition) is 1. The van der Waals surface area contributed by atoms with Gasteiger partial charge in [0.05, 0.1) is 10.6 Å². The van der Waals surface area contributed by atoms with Gasteiger partial charge in [-0.3, -0.25) is 9.10 Å². The zero-order valence-electron chi connectivity index (χ0n) is 19.6. The molecule has 0 radical (unpaired) electrons. The van der Waals surface area contributed by atoms with Gasteiger partial charge in [0.1, 0.15) is 6.54 Å². The second-order valence-electron chi connectivity index (χ2n) is 8.70. The fraction of sp³-hybridized carbons (Fsp3) is 0.462. The highest BCUT2D eigenvalue weighted by molar-refractivity contribution is 9.10. The van der Waals surface area contributed by atoms with Gasteiger partial charge in [-0.2, -0.15) is 5.10 Å². The highest BCUT2D eigenvalue weighted by Gasteiger charge is 2.27. The maximum atomic E-state index is 13.4. The monoisotopic (exact) mass is 547 g/mol. The molecular formula is C26H34BrN3O3S. The van der Waals surface area contributed by atoms with Gasteiger partial charge in [0.25, 0.3) is 15.9 Å². The number of sulfonamides is 1. The van der Waals surface area contributed by atoms with E-state index in [-0.39, 0.29) is 11.4 Å². The van der Waals surface area contributed by atoms with E-state index in [0.717, 1.165) is 40.2 Å². The van der Waals surface area contributed by atoms with Crippen LogP contribution in [-0.4, -0.2) is 26.6 Å². The molecule has 8 heteroatoms. The van der Waals surface area contributed by atoms with Crippen molar-refractivity contribution in [1.82, 2.24) is 5.43 Å². The van der Waals surface area contributed by atoms with Crippen LogP contribution in [0.4, 0.5) is 5.69 Å². The summed E-state index contributed by atoms with van der Waals surface area (Å²) in [7, 11) is -3.92. The number of hydrogen-bond acceptors (Lipinski definition) is 4. The Kier molecular flexibility index (Phi) is 10.6. The number of halogens is 1. The third kappa shape index (κ3) is 8.24. The second-order valence-corrected chi connectivity index (χ2v) is 11.5. The first-order chi connectivity index (χ1) is 16.5. The molecule has 0 heterocycles. The van der Waals surface area contributed by atoms with E-state index in [9.17, 15) is 13.2 Å². The number of carbonyl (C=O) groups excluding carboxylic acids is 1. The van der Waals surface area contributed by atoms with E-state index >= 15 is 0 Å². The molecule has 1 aliphatic rings. The third-order valence-electron chi connectivity index (χ3n) is 6.00. The van der Waals surface area contributed by atoms with Crippen molar-refractivity contribution in [2.45, 2.75) is 75.5 Å². The summed E-state index contributed by atoms with van der Waals surface area (Å²) < 4.78 is 28.7. The number of rotatable bonds is 6. The first-order valence-electron chi connectivity index (χ1n) is 12.1. The molecule has 3 rings (SSSR count).